The zero-order valence-corrected chi connectivity index (χ0v) is 12.9. The Kier molecular flexibility index (Phi) is 5.21. The molecular formula is C17H25FN2O. The average Bonchev–Trinajstić information content (AvgIpc) is 2.45. The molecule has 0 spiro atoms. The third kappa shape index (κ3) is 3.96. The summed E-state index contributed by atoms with van der Waals surface area (Å²) in [7, 11) is 0. The predicted octanol–water partition coefficient (Wildman–Crippen LogP) is 4.00. The molecule has 1 aliphatic carbocycles. The third-order valence-electron chi connectivity index (χ3n) is 4.53. The Hall–Kier alpha value is -1.58. The minimum Gasteiger partial charge on any atom is -0.382 e. The van der Waals surface area contributed by atoms with E-state index in [1.54, 1.807) is 13.0 Å². The van der Waals surface area contributed by atoms with Gasteiger partial charge in [0.2, 0.25) is 5.91 Å². The number of hydrogen-bond acceptors (Lipinski definition) is 2. The Labute approximate surface area is 126 Å². The van der Waals surface area contributed by atoms with Crippen LogP contribution in [0.5, 0.6) is 0 Å². The second-order valence-electron chi connectivity index (χ2n) is 6.15. The van der Waals surface area contributed by atoms with E-state index in [0.29, 0.717) is 17.3 Å². The molecule has 116 valence electrons. The number of rotatable bonds is 5. The minimum absolute atomic E-state index is 0.222. The average molecular weight is 292 g/mol. The van der Waals surface area contributed by atoms with E-state index in [1.807, 2.05) is 0 Å². The predicted molar refractivity (Wildman–Crippen MR) is 83.9 cm³/mol. The monoisotopic (exact) mass is 292 g/mol. The van der Waals surface area contributed by atoms with E-state index < -0.39 is 5.91 Å². The first-order chi connectivity index (χ1) is 10.0. The van der Waals surface area contributed by atoms with Gasteiger partial charge in [-0.05, 0) is 50.7 Å². The van der Waals surface area contributed by atoms with E-state index >= 15 is 0 Å². The summed E-state index contributed by atoms with van der Waals surface area (Å²) in [5.41, 5.74) is 6.72. The fraction of sp³-hybridized carbons (Fsp3) is 0.588. The second-order valence-corrected chi connectivity index (χ2v) is 6.15. The first-order valence-electron chi connectivity index (χ1n) is 7.87. The van der Waals surface area contributed by atoms with Gasteiger partial charge >= 0.3 is 0 Å². The molecule has 0 aliphatic heterocycles. The number of nitrogens with two attached hydrogens (primary N) is 1. The maximum Gasteiger partial charge on any atom is 0.248 e. The van der Waals surface area contributed by atoms with Gasteiger partial charge in [-0.15, -0.1) is 0 Å². The maximum atomic E-state index is 13.9. The van der Waals surface area contributed by atoms with Crippen LogP contribution in [0.15, 0.2) is 12.1 Å². The Bertz CT molecular complexity index is 508. The van der Waals surface area contributed by atoms with Gasteiger partial charge in [-0.1, -0.05) is 19.8 Å². The van der Waals surface area contributed by atoms with Gasteiger partial charge in [-0.2, -0.15) is 0 Å². The molecule has 0 bridgehead atoms. The van der Waals surface area contributed by atoms with E-state index in [4.69, 9.17) is 5.73 Å². The van der Waals surface area contributed by atoms with E-state index in [1.165, 1.54) is 31.7 Å². The molecule has 21 heavy (non-hydrogen) atoms. The molecule has 1 amide bonds. The first-order valence-corrected chi connectivity index (χ1v) is 7.87. The summed E-state index contributed by atoms with van der Waals surface area (Å²) in [4.78, 5) is 11.3. The highest BCUT2D eigenvalue weighted by molar-refractivity contribution is 5.94. The Morgan fingerprint density at radius 1 is 1.33 bits per heavy atom. The van der Waals surface area contributed by atoms with Gasteiger partial charge in [-0.25, -0.2) is 4.39 Å². The zero-order chi connectivity index (χ0) is 15.4. The van der Waals surface area contributed by atoms with Crippen molar-refractivity contribution in [3.63, 3.8) is 0 Å². The van der Waals surface area contributed by atoms with Gasteiger partial charge in [0.05, 0.1) is 0 Å². The normalized spacial score (nSPS) is 22.0. The summed E-state index contributed by atoms with van der Waals surface area (Å²) in [5, 5.41) is 3.40. The minimum atomic E-state index is -0.594. The molecule has 1 fully saturated rings. The van der Waals surface area contributed by atoms with Gasteiger partial charge in [0.25, 0.3) is 0 Å². The van der Waals surface area contributed by atoms with Crippen LogP contribution in [0.2, 0.25) is 0 Å². The molecule has 3 N–H and O–H groups in total. The number of hydrogen-bond donors (Lipinski definition) is 2. The summed E-state index contributed by atoms with van der Waals surface area (Å²) in [6.07, 6.45) is 7.20. The van der Waals surface area contributed by atoms with Crippen molar-refractivity contribution < 1.29 is 9.18 Å². The van der Waals surface area contributed by atoms with Crippen LogP contribution in [-0.2, 0) is 0 Å². The Morgan fingerprint density at radius 2 is 2.00 bits per heavy atom. The Balaban J connectivity index is 2.05. The number of primary amides is 1. The van der Waals surface area contributed by atoms with Gasteiger partial charge in [0.1, 0.15) is 5.82 Å². The molecular weight excluding hydrogens is 267 g/mol. The molecule has 1 saturated carbocycles. The number of carbonyl (C=O) groups excluding carboxylic acids is 1. The van der Waals surface area contributed by atoms with Gasteiger partial charge < -0.3 is 11.1 Å². The number of halogens is 1. The molecule has 0 atom stereocenters. The van der Waals surface area contributed by atoms with Crippen molar-refractivity contribution in [1.29, 1.82) is 0 Å². The van der Waals surface area contributed by atoms with Crippen LogP contribution in [-0.4, -0.2) is 11.9 Å². The van der Waals surface area contributed by atoms with Crippen LogP contribution in [0.1, 0.15) is 61.4 Å². The Morgan fingerprint density at radius 3 is 2.57 bits per heavy atom. The lowest BCUT2D eigenvalue weighted by Crippen LogP contribution is -2.26. The SMILES string of the molecule is CCCC1CCC(Nc2cc(C(N)=O)cc(F)c2C)CC1. The van der Waals surface area contributed by atoms with Crippen molar-refractivity contribution in [2.24, 2.45) is 11.7 Å². The lowest BCUT2D eigenvalue weighted by molar-refractivity contribution is 0.1000. The van der Waals surface area contributed by atoms with Crippen molar-refractivity contribution >= 4 is 11.6 Å². The topological polar surface area (TPSA) is 55.1 Å². The standard InChI is InChI=1S/C17H25FN2O/c1-3-4-12-5-7-14(8-6-12)20-16-10-13(17(19)21)9-15(18)11(16)2/h9-10,12,14,20H,3-8H2,1-2H3,(H2,19,21). The highest BCUT2D eigenvalue weighted by Gasteiger charge is 2.21. The second kappa shape index (κ2) is 6.92. The van der Waals surface area contributed by atoms with E-state index in [0.717, 1.165) is 18.8 Å². The van der Waals surface area contributed by atoms with Crippen molar-refractivity contribution in [3.05, 3.63) is 29.1 Å². The molecule has 1 aromatic carbocycles. The molecule has 2 rings (SSSR count). The number of amides is 1. The van der Waals surface area contributed by atoms with Crippen molar-refractivity contribution in [1.82, 2.24) is 0 Å². The summed E-state index contributed by atoms with van der Waals surface area (Å²) >= 11 is 0. The highest BCUT2D eigenvalue weighted by atomic mass is 19.1. The van der Waals surface area contributed by atoms with Crippen molar-refractivity contribution in [2.45, 2.75) is 58.4 Å². The van der Waals surface area contributed by atoms with Gasteiger partial charge in [0, 0.05) is 22.9 Å². The van der Waals surface area contributed by atoms with Gasteiger partial charge in [-0.3, -0.25) is 4.79 Å². The number of carbonyl (C=O) groups is 1. The van der Waals surface area contributed by atoms with E-state index in [2.05, 4.69) is 12.2 Å². The van der Waals surface area contributed by atoms with Crippen molar-refractivity contribution in [2.75, 3.05) is 5.32 Å². The maximum absolute atomic E-state index is 13.9. The zero-order valence-electron chi connectivity index (χ0n) is 12.9. The number of anilines is 1. The molecule has 0 saturated heterocycles. The lowest BCUT2D eigenvalue weighted by Gasteiger charge is -2.30. The highest BCUT2D eigenvalue weighted by Crippen LogP contribution is 2.31. The smallest absolute Gasteiger partial charge is 0.248 e. The fourth-order valence-corrected chi connectivity index (χ4v) is 3.19. The molecule has 0 heterocycles. The van der Waals surface area contributed by atoms with Crippen LogP contribution in [0.25, 0.3) is 0 Å². The van der Waals surface area contributed by atoms with Crippen LogP contribution in [0.4, 0.5) is 10.1 Å². The number of nitrogens with one attached hydrogen (secondary N) is 1. The van der Waals surface area contributed by atoms with E-state index in [9.17, 15) is 9.18 Å². The molecule has 4 heteroatoms. The fourth-order valence-electron chi connectivity index (χ4n) is 3.19. The lowest BCUT2D eigenvalue weighted by atomic mass is 9.83. The van der Waals surface area contributed by atoms with Gasteiger partial charge in [0.15, 0.2) is 0 Å². The molecule has 1 aromatic rings. The summed E-state index contributed by atoms with van der Waals surface area (Å²) in [6.45, 7) is 3.96. The third-order valence-corrected chi connectivity index (χ3v) is 4.53. The first kappa shape index (κ1) is 15.8. The molecule has 3 nitrogen and oxygen atoms in total. The summed E-state index contributed by atoms with van der Waals surface area (Å²) < 4.78 is 13.9. The van der Waals surface area contributed by atoms with Crippen LogP contribution in [0, 0.1) is 18.7 Å². The number of benzene rings is 1. The molecule has 1 aliphatic rings. The quantitative estimate of drug-likeness (QED) is 0.861. The molecule has 0 aromatic heterocycles. The molecule has 0 radical (unpaired) electrons. The summed E-state index contributed by atoms with van der Waals surface area (Å²) in [6, 6.07) is 3.24. The molecule has 0 unspecified atom stereocenters. The van der Waals surface area contributed by atoms with Crippen LogP contribution in [0.3, 0.4) is 0 Å². The van der Waals surface area contributed by atoms with E-state index in [-0.39, 0.29) is 11.4 Å². The van der Waals surface area contributed by atoms with Crippen molar-refractivity contribution in [3.8, 4) is 0 Å². The summed E-state index contributed by atoms with van der Waals surface area (Å²) in [5.74, 6) is -0.139. The largest absolute Gasteiger partial charge is 0.382 e. The van der Waals surface area contributed by atoms with Crippen LogP contribution < -0.4 is 11.1 Å². The van der Waals surface area contributed by atoms with Crippen LogP contribution >= 0.6 is 0 Å².